The largest absolute Gasteiger partial charge is 0.484 e. The lowest BCUT2D eigenvalue weighted by atomic mass is 11.7. The minimum absolute atomic E-state index is 0.449. The normalized spacial score (nSPS) is 13.3. The summed E-state index contributed by atoms with van der Waals surface area (Å²) >= 11 is 4.90. The molecule has 7 heteroatoms. The van der Waals surface area contributed by atoms with E-state index < -0.39 is 23.6 Å². The highest BCUT2D eigenvalue weighted by Crippen LogP contribution is 2.26. The van der Waals surface area contributed by atoms with Crippen molar-refractivity contribution >= 4 is 28.5 Å². The van der Waals surface area contributed by atoms with E-state index in [1.807, 2.05) is 0 Å². The van der Waals surface area contributed by atoms with E-state index in [1.54, 1.807) is 0 Å². The summed E-state index contributed by atoms with van der Waals surface area (Å²) in [6, 6.07) is 0. The van der Waals surface area contributed by atoms with Gasteiger partial charge in [-0.1, -0.05) is 0 Å². The van der Waals surface area contributed by atoms with Crippen molar-refractivity contribution in [2.75, 3.05) is 12.6 Å². The number of hydrogen-bond donors (Lipinski definition) is 0. The summed E-state index contributed by atoms with van der Waals surface area (Å²) in [5, 5.41) is 0. The Hall–Kier alpha value is 0.300. The van der Waals surface area contributed by atoms with Crippen LogP contribution in [-0.4, -0.2) is 21.0 Å². The van der Waals surface area contributed by atoms with E-state index in [9.17, 15) is 13.0 Å². The molecule has 0 radical (unpaired) electrons. The first-order valence-electron chi connectivity index (χ1n) is 1.86. The van der Waals surface area contributed by atoms with Crippen LogP contribution in [0.1, 0.15) is 0 Å². The predicted octanol–water partition coefficient (Wildman–Crippen LogP) is 0.901. The van der Waals surface area contributed by atoms with Gasteiger partial charge in [-0.05, 0) is 4.57 Å². The molecule has 1 atom stereocenters. The minimum Gasteiger partial charge on any atom is -0.219 e. The average Bonchev–Trinajstić information content (AvgIpc) is 1.59. The van der Waals surface area contributed by atoms with Crippen LogP contribution >= 0.6 is 18.4 Å². The maximum atomic E-state index is 10.1. The van der Waals surface area contributed by atoms with Gasteiger partial charge in [0.05, 0.1) is 6.26 Å². The Morgan fingerprint density at radius 3 is 2.22 bits per heavy atom. The number of hydrogen-bond acceptors (Lipinski definition) is 4. The first-order chi connectivity index (χ1) is 3.92. The number of halogens is 1. The highest BCUT2D eigenvalue weighted by Gasteiger charge is 2.14. The van der Waals surface area contributed by atoms with Crippen LogP contribution in [0.15, 0.2) is 0 Å². The summed E-state index contributed by atoms with van der Waals surface area (Å²) in [5.41, 5.74) is 0. The summed E-state index contributed by atoms with van der Waals surface area (Å²) in [4.78, 5) is 0. The lowest BCUT2D eigenvalue weighted by Gasteiger charge is -1.86. The zero-order valence-corrected chi connectivity index (χ0v) is 7.04. The third-order valence-corrected chi connectivity index (χ3v) is 1.71. The Kier molecular flexibility index (Phi) is 3.58. The fourth-order valence-corrected chi connectivity index (χ4v) is 1.59. The number of rotatable bonds is 3. The predicted molar refractivity (Wildman–Crippen MR) is 34.3 cm³/mol. The van der Waals surface area contributed by atoms with Crippen molar-refractivity contribution in [3.05, 3.63) is 0 Å². The monoisotopic (exact) mass is 191 g/mol. The highest BCUT2D eigenvalue weighted by molar-refractivity contribution is 7.86. The Balaban J connectivity index is 3.67. The highest BCUT2D eigenvalue weighted by atomic mass is 35.7. The molecule has 4 nitrogen and oxygen atoms in total. The van der Waals surface area contributed by atoms with Crippen LogP contribution in [0.4, 0.5) is 0 Å². The standard InChI is InChI=1S/C2H5ClO4PS/c1-9(5,6)7-2-8(3)4/h2H2,1H3/q+1. The molecule has 0 aromatic heterocycles. The van der Waals surface area contributed by atoms with Gasteiger partial charge in [0, 0.05) is 0 Å². The lowest BCUT2D eigenvalue weighted by molar-refractivity contribution is 0.378. The first-order valence-corrected chi connectivity index (χ1v) is 6.03. The summed E-state index contributed by atoms with van der Waals surface area (Å²) in [7, 11) is -5.53. The summed E-state index contributed by atoms with van der Waals surface area (Å²) in [6.07, 6.45) is 0.415. The van der Waals surface area contributed by atoms with Gasteiger partial charge in [0.2, 0.25) is 11.2 Å². The van der Waals surface area contributed by atoms with E-state index in [0.29, 0.717) is 0 Å². The van der Waals surface area contributed by atoms with E-state index in [2.05, 4.69) is 4.18 Å². The Labute approximate surface area is 58.9 Å². The van der Waals surface area contributed by atoms with E-state index in [0.717, 1.165) is 6.26 Å². The van der Waals surface area contributed by atoms with Gasteiger partial charge in [-0.25, -0.2) is 4.18 Å². The molecule has 0 rings (SSSR count). The van der Waals surface area contributed by atoms with E-state index >= 15 is 0 Å². The van der Waals surface area contributed by atoms with Gasteiger partial charge in [0.25, 0.3) is 16.5 Å². The van der Waals surface area contributed by atoms with Crippen LogP contribution in [0.2, 0.25) is 0 Å². The topological polar surface area (TPSA) is 60.4 Å². The molecule has 0 fully saturated rings. The molecule has 0 aliphatic heterocycles. The molecule has 9 heavy (non-hydrogen) atoms. The molecule has 0 heterocycles. The Bertz CT molecular complexity index is 197. The fraction of sp³-hybridized carbons (Fsp3) is 1.00. The van der Waals surface area contributed by atoms with Gasteiger partial charge in [0.1, 0.15) is 0 Å². The van der Waals surface area contributed by atoms with Gasteiger partial charge in [-0.3, -0.25) is 0 Å². The maximum Gasteiger partial charge on any atom is 0.484 e. The van der Waals surface area contributed by atoms with E-state index in [1.165, 1.54) is 0 Å². The van der Waals surface area contributed by atoms with Crippen LogP contribution in [0.5, 0.6) is 0 Å². The zero-order valence-electron chi connectivity index (χ0n) is 4.57. The van der Waals surface area contributed by atoms with Crippen LogP contribution in [0.25, 0.3) is 0 Å². The quantitative estimate of drug-likeness (QED) is 0.491. The summed E-state index contributed by atoms with van der Waals surface area (Å²) in [6.45, 7) is 0. The average molecular weight is 192 g/mol. The fourth-order valence-electron chi connectivity index (χ4n) is 0.137. The van der Waals surface area contributed by atoms with E-state index in [4.69, 9.17) is 11.2 Å². The summed E-state index contributed by atoms with van der Waals surface area (Å²) < 4.78 is 34.3. The SMILES string of the molecule is CS(=O)(=O)OC[P+](=O)Cl. The molecule has 0 saturated heterocycles. The van der Waals surface area contributed by atoms with Crippen molar-refractivity contribution in [3.63, 3.8) is 0 Å². The molecular formula is C2H5ClO4PS+. The smallest absolute Gasteiger partial charge is 0.219 e. The van der Waals surface area contributed by atoms with Crippen molar-refractivity contribution in [1.82, 2.24) is 0 Å². The molecule has 54 valence electrons. The zero-order chi connectivity index (χ0) is 7.49. The van der Waals surface area contributed by atoms with E-state index in [-0.39, 0.29) is 0 Å². The molecule has 0 saturated carbocycles. The third-order valence-electron chi connectivity index (χ3n) is 0.368. The molecule has 0 aliphatic carbocycles. The van der Waals surface area contributed by atoms with Gasteiger partial charge in [0.15, 0.2) is 0 Å². The first kappa shape index (κ1) is 9.30. The van der Waals surface area contributed by atoms with Crippen molar-refractivity contribution in [2.24, 2.45) is 0 Å². The van der Waals surface area contributed by atoms with Crippen LogP contribution in [0.3, 0.4) is 0 Å². The Morgan fingerprint density at radius 2 is 2.11 bits per heavy atom. The lowest BCUT2D eigenvalue weighted by Crippen LogP contribution is -2.00. The Morgan fingerprint density at radius 1 is 1.67 bits per heavy atom. The van der Waals surface area contributed by atoms with Gasteiger partial charge in [-0.2, -0.15) is 8.42 Å². The molecule has 1 unspecified atom stereocenters. The van der Waals surface area contributed by atoms with Crippen LogP contribution in [0, 0.1) is 0 Å². The molecule has 0 aliphatic rings. The van der Waals surface area contributed by atoms with Crippen LogP contribution in [-0.2, 0) is 18.9 Å². The van der Waals surface area contributed by atoms with Gasteiger partial charge >= 0.3 is 7.15 Å². The van der Waals surface area contributed by atoms with Crippen molar-refractivity contribution < 1.29 is 17.2 Å². The molecule has 0 bridgehead atoms. The minimum atomic E-state index is -3.49. The molecule has 0 amide bonds. The molecule has 0 spiro atoms. The van der Waals surface area contributed by atoms with Gasteiger partial charge < -0.3 is 0 Å². The second-order valence-corrected chi connectivity index (χ2v) is 4.94. The second kappa shape index (κ2) is 3.46. The maximum absolute atomic E-state index is 10.1. The van der Waals surface area contributed by atoms with Crippen LogP contribution < -0.4 is 0 Å². The third kappa shape index (κ3) is 8.30. The van der Waals surface area contributed by atoms with Crippen molar-refractivity contribution in [2.45, 2.75) is 0 Å². The summed E-state index contributed by atoms with van der Waals surface area (Å²) in [5.74, 6) is 0. The van der Waals surface area contributed by atoms with Gasteiger partial charge in [-0.15, -0.1) is 0 Å². The molecule has 0 aromatic carbocycles. The molecule has 0 N–H and O–H groups in total. The van der Waals surface area contributed by atoms with Crippen molar-refractivity contribution in [1.29, 1.82) is 0 Å². The second-order valence-electron chi connectivity index (χ2n) is 1.27. The molecular weight excluding hydrogens is 187 g/mol. The molecule has 0 aromatic rings. The van der Waals surface area contributed by atoms with Crippen molar-refractivity contribution in [3.8, 4) is 0 Å².